The van der Waals surface area contributed by atoms with Crippen molar-refractivity contribution in [3.8, 4) is 0 Å². The number of nitrogens with one attached hydrogen (secondary N) is 1. The van der Waals surface area contributed by atoms with E-state index in [1.165, 1.54) is 12.1 Å². The summed E-state index contributed by atoms with van der Waals surface area (Å²) in [6, 6.07) is 6.30. The molecule has 6 heteroatoms. The molecule has 1 rings (SSSR count). The zero-order valence-corrected chi connectivity index (χ0v) is 14.3. The molecule has 1 N–H and O–H groups in total. The molecule has 0 aliphatic heterocycles. The Morgan fingerprint density at radius 3 is 2.52 bits per heavy atom. The van der Waals surface area contributed by atoms with Crippen LogP contribution in [0.2, 0.25) is 0 Å². The fourth-order valence-corrected chi connectivity index (χ4v) is 2.23. The lowest BCUT2D eigenvalue weighted by molar-refractivity contribution is -0.133. The van der Waals surface area contributed by atoms with Crippen LogP contribution in [0, 0.1) is 5.82 Å². The van der Waals surface area contributed by atoms with Gasteiger partial charge in [-0.25, -0.2) is 4.39 Å². The molecule has 0 aliphatic carbocycles. The number of rotatable bonds is 8. The van der Waals surface area contributed by atoms with Crippen molar-refractivity contribution in [3.63, 3.8) is 0 Å². The first-order valence-electron chi connectivity index (χ1n) is 7.82. The SMILES string of the molecule is CCN(Cc1cccc(F)c1)C(=O)CN(C)CC(=O)NC(C)C. The van der Waals surface area contributed by atoms with Crippen molar-refractivity contribution in [2.75, 3.05) is 26.7 Å². The molecule has 128 valence electrons. The molecule has 2 amide bonds. The molecule has 0 spiro atoms. The van der Waals surface area contributed by atoms with E-state index < -0.39 is 0 Å². The third kappa shape index (κ3) is 7.23. The van der Waals surface area contributed by atoms with Gasteiger partial charge in [-0.1, -0.05) is 12.1 Å². The Hall–Kier alpha value is -1.95. The van der Waals surface area contributed by atoms with Crippen molar-refractivity contribution >= 4 is 11.8 Å². The second-order valence-electron chi connectivity index (χ2n) is 5.93. The molecule has 0 saturated heterocycles. The minimum Gasteiger partial charge on any atom is -0.353 e. The number of benzene rings is 1. The molecule has 0 aliphatic rings. The van der Waals surface area contributed by atoms with Crippen LogP contribution < -0.4 is 5.32 Å². The largest absolute Gasteiger partial charge is 0.353 e. The zero-order chi connectivity index (χ0) is 17.4. The van der Waals surface area contributed by atoms with Crippen molar-refractivity contribution in [1.82, 2.24) is 15.1 Å². The van der Waals surface area contributed by atoms with Gasteiger partial charge in [-0.3, -0.25) is 14.5 Å². The average molecular weight is 323 g/mol. The number of likely N-dealkylation sites (N-methyl/N-ethyl adjacent to an activating group) is 2. The van der Waals surface area contributed by atoms with Crippen molar-refractivity contribution in [3.05, 3.63) is 35.6 Å². The maximum absolute atomic E-state index is 13.2. The lowest BCUT2D eigenvalue weighted by Gasteiger charge is -2.24. The number of carbonyl (C=O) groups is 2. The maximum atomic E-state index is 13.2. The molecule has 0 saturated carbocycles. The smallest absolute Gasteiger partial charge is 0.237 e. The zero-order valence-electron chi connectivity index (χ0n) is 14.3. The van der Waals surface area contributed by atoms with E-state index in [0.29, 0.717) is 13.1 Å². The number of carbonyl (C=O) groups excluding carboxylic acids is 2. The second-order valence-corrected chi connectivity index (χ2v) is 5.93. The summed E-state index contributed by atoms with van der Waals surface area (Å²) in [5, 5.41) is 2.79. The summed E-state index contributed by atoms with van der Waals surface area (Å²) >= 11 is 0. The molecule has 0 heterocycles. The van der Waals surface area contributed by atoms with E-state index in [1.54, 1.807) is 29.0 Å². The number of amides is 2. The van der Waals surface area contributed by atoms with E-state index in [-0.39, 0.29) is 36.8 Å². The van der Waals surface area contributed by atoms with Crippen LogP contribution in [0.5, 0.6) is 0 Å². The van der Waals surface area contributed by atoms with Gasteiger partial charge in [-0.05, 0) is 45.5 Å². The summed E-state index contributed by atoms with van der Waals surface area (Å²) in [6.45, 7) is 6.86. The van der Waals surface area contributed by atoms with Crippen LogP contribution in [-0.4, -0.2) is 54.3 Å². The molecule has 0 bridgehead atoms. The number of hydrogen-bond acceptors (Lipinski definition) is 3. The van der Waals surface area contributed by atoms with Gasteiger partial charge >= 0.3 is 0 Å². The highest BCUT2D eigenvalue weighted by Gasteiger charge is 2.16. The first-order chi connectivity index (χ1) is 10.8. The Kier molecular flexibility index (Phi) is 7.68. The van der Waals surface area contributed by atoms with E-state index >= 15 is 0 Å². The van der Waals surface area contributed by atoms with Crippen molar-refractivity contribution in [1.29, 1.82) is 0 Å². The summed E-state index contributed by atoms with van der Waals surface area (Å²) < 4.78 is 13.2. The van der Waals surface area contributed by atoms with Gasteiger partial charge in [0.1, 0.15) is 5.82 Å². The fraction of sp³-hybridized carbons (Fsp3) is 0.529. The van der Waals surface area contributed by atoms with E-state index in [0.717, 1.165) is 5.56 Å². The Morgan fingerprint density at radius 1 is 1.26 bits per heavy atom. The van der Waals surface area contributed by atoms with Gasteiger partial charge in [-0.2, -0.15) is 0 Å². The minimum absolute atomic E-state index is 0.0757. The molecule has 5 nitrogen and oxygen atoms in total. The summed E-state index contributed by atoms with van der Waals surface area (Å²) in [5.74, 6) is -0.506. The second kappa shape index (κ2) is 9.25. The van der Waals surface area contributed by atoms with Gasteiger partial charge in [-0.15, -0.1) is 0 Å². The van der Waals surface area contributed by atoms with Crippen LogP contribution in [-0.2, 0) is 16.1 Å². The van der Waals surface area contributed by atoms with Gasteiger partial charge < -0.3 is 10.2 Å². The summed E-state index contributed by atoms with van der Waals surface area (Å²) in [5.41, 5.74) is 0.750. The summed E-state index contributed by atoms with van der Waals surface area (Å²) in [7, 11) is 1.73. The van der Waals surface area contributed by atoms with Gasteiger partial charge in [0.05, 0.1) is 13.1 Å². The Bertz CT molecular complexity index is 534. The lowest BCUT2D eigenvalue weighted by Crippen LogP contribution is -2.43. The first-order valence-corrected chi connectivity index (χ1v) is 7.82. The average Bonchev–Trinajstić information content (AvgIpc) is 2.43. The third-order valence-corrected chi connectivity index (χ3v) is 3.27. The van der Waals surface area contributed by atoms with Crippen molar-refractivity contribution in [2.24, 2.45) is 0 Å². The van der Waals surface area contributed by atoms with Gasteiger partial charge in [0, 0.05) is 19.1 Å². The monoisotopic (exact) mass is 323 g/mol. The summed E-state index contributed by atoms with van der Waals surface area (Å²) in [6.07, 6.45) is 0. The van der Waals surface area contributed by atoms with Gasteiger partial charge in [0.25, 0.3) is 0 Å². The molecule has 0 atom stereocenters. The third-order valence-electron chi connectivity index (χ3n) is 3.27. The molecule has 1 aromatic rings. The number of hydrogen-bond donors (Lipinski definition) is 1. The molecular formula is C17H26FN3O2. The normalized spacial score (nSPS) is 10.9. The van der Waals surface area contributed by atoms with E-state index in [1.807, 2.05) is 20.8 Å². The van der Waals surface area contributed by atoms with Crippen LogP contribution >= 0.6 is 0 Å². The minimum atomic E-state index is -0.312. The quantitative estimate of drug-likeness (QED) is 0.791. The summed E-state index contributed by atoms with van der Waals surface area (Å²) in [4.78, 5) is 27.3. The highest BCUT2D eigenvalue weighted by Crippen LogP contribution is 2.08. The van der Waals surface area contributed by atoms with Crippen LogP contribution in [0.4, 0.5) is 4.39 Å². The Morgan fingerprint density at radius 2 is 1.96 bits per heavy atom. The predicted octanol–water partition coefficient (Wildman–Crippen LogP) is 1.63. The van der Waals surface area contributed by atoms with Crippen LogP contribution in [0.15, 0.2) is 24.3 Å². The lowest BCUT2D eigenvalue weighted by atomic mass is 10.2. The van der Waals surface area contributed by atoms with E-state index in [4.69, 9.17) is 0 Å². The van der Waals surface area contributed by atoms with Gasteiger partial charge in [0.2, 0.25) is 11.8 Å². The first kappa shape index (κ1) is 19.1. The molecule has 23 heavy (non-hydrogen) atoms. The number of halogens is 1. The standard InChI is InChI=1S/C17H26FN3O2/c1-5-21(10-14-7-6-8-15(18)9-14)17(23)12-20(4)11-16(22)19-13(2)3/h6-9,13H,5,10-12H2,1-4H3,(H,19,22). The number of nitrogens with zero attached hydrogens (tertiary/aromatic N) is 2. The Labute approximate surface area is 137 Å². The molecule has 0 unspecified atom stereocenters. The van der Waals surface area contributed by atoms with Crippen LogP contribution in [0.25, 0.3) is 0 Å². The van der Waals surface area contributed by atoms with Crippen molar-refractivity contribution < 1.29 is 14.0 Å². The van der Waals surface area contributed by atoms with Crippen molar-refractivity contribution in [2.45, 2.75) is 33.4 Å². The molecule has 1 aromatic carbocycles. The molecular weight excluding hydrogens is 297 g/mol. The fourth-order valence-electron chi connectivity index (χ4n) is 2.23. The van der Waals surface area contributed by atoms with Gasteiger partial charge in [0.15, 0.2) is 0 Å². The van der Waals surface area contributed by atoms with E-state index in [9.17, 15) is 14.0 Å². The van der Waals surface area contributed by atoms with Crippen LogP contribution in [0.1, 0.15) is 26.3 Å². The maximum Gasteiger partial charge on any atom is 0.237 e. The molecule has 0 fully saturated rings. The topological polar surface area (TPSA) is 52.7 Å². The highest BCUT2D eigenvalue weighted by atomic mass is 19.1. The highest BCUT2D eigenvalue weighted by molar-refractivity contribution is 5.81. The molecule has 0 aromatic heterocycles. The van der Waals surface area contributed by atoms with Crippen LogP contribution in [0.3, 0.4) is 0 Å². The predicted molar refractivity (Wildman–Crippen MR) is 88.3 cm³/mol. The Balaban J connectivity index is 2.54. The van der Waals surface area contributed by atoms with E-state index in [2.05, 4.69) is 5.32 Å². The molecule has 0 radical (unpaired) electrons.